The van der Waals surface area contributed by atoms with Crippen LogP contribution in [0.5, 0.6) is 11.5 Å². The van der Waals surface area contributed by atoms with Crippen LogP contribution in [0.15, 0.2) is 48.5 Å². The number of halogens is 3. The van der Waals surface area contributed by atoms with Crippen molar-refractivity contribution in [2.24, 2.45) is 0 Å². The SMILES string of the molecule is COc1ccc2c(OS(=O)(=O)C(F)(F)F)cc3ccccc3c2c1. The standard InChI is InChI=1S/C16H11F3O4S/c1-22-11-6-7-13-14(9-11)12-5-3-2-4-10(12)8-15(13)23-24(20,21)16(17,18)19/h2-9H,1H3. The van der Waals surface area contributed by atoms with Crippen LogP contribution in [0.25, 0.3) is 21.5 Å². The van der Waals surface area contributed by atoms with Gasteiger partial charge in [-0.3, -0.25) is 0 Å². The first-order valence-corrected chi connectivity index (χ1v) is 8.14. The Morgan fingerprint density at radius 3 is 2.29 bits per heavy atom. The van der Waals surface area contributed by atoms with Gasteiger partial charge in [-0.15, -0.1) is 0 Å². The van der Waals surface area contributed by atoms with Gasteiger partial charge in [0.15, 0.2) is 5.75 Å². The molecule has 0 saturated heterocycles. The van der Waals surface area contributed by atoms with Crippen LogP contribution in [0.1, 0.15) is 0 Å². The van der Waals surface area contributed by atoms with Crippen molar-refractivity contribution in [2.45, 2.75) is 5.51 Å². The molecule has 0 aliphatic carbocycles. The summed E-state index contributed by atoms with van der Waals surface area (Å²) >= 11 is 0. The van der Waals surface area contributed by atoms with Gasteiger partial charge in [-0.05, 0) is 40.4 Å². The van der Waals surface area contributed by atoms with Gasteiger partial charge in [0.2, 0.25) is 0 Å². The summed E-state index contributed by atoms with van der Waals surface area (Å²) in [6.45, 7) is 0. The minimum atomic E-state index is -5.76. The number of hydrogen-bond donors (Lipinski definition) is 0. The molecule has 3 aromatic carbocycles. The van der Waals surface area contributed by atoms with Crippen LogP contribution >= 0.6 is 0 Å². The number of rotatable bonds is 3. The Kier molecular flexibility index (Phi) is 3.79. The van der Waals surface area contributed by atoms with Crippen LogP contribution < -0.4 is 8.92 Å². The number of benzene rings is 3. The zero-order chi connectivity index (χ0) is 17.5. The first kappa shape index (κ1) is 16.4. The second kappa shape index (κ2) is 5.55. The molecule has 3 aromatic rings. The maximum Gasteiger partial charge on any atom is 0.534 e. The molecule has 0 bridgehead atoms. The normalized spacial score (nSPS) is 12.5. The first-order valence-electron chi connectivity index (χ1n) is 6.73. The number of alkyl halides is 3. The smallest absolute Gasteiger partial charge is 0.497 e. The van der Waals surface area contributed by atoms with Crippen LogP contribution in [0, 0.1) is 0 Å². The van der Waals surface area contributed by atoms with E-state index in [1.165, 1.54) is 25.3 Å². The minimum absolute atomic E-state index is 0.238. The van der Waals surface area contributed by atoms with Gasteiger partial charge in [0, 0.05) is 5.39 Å². The van der Waals surface area contributed by atoms with Crippen LogP contribution in [0.4, 0.5) is 13.2 Å². The topological polar surface area (TPSA) is 52.6 Å². The Balaban J connectivity index is 2.31. The molecule has 0 aromatic heterocycles. The fourth-order valence-electron chi connectivity index (χ4n) is 2.41. The summed E-state index contributed by atoms with van der Waals surface area (Å²) in [5.74, 6) is 0.104. The third-order valence-corrected chi connectivity index (χ3v) is 4.48. The lowest BCUT2D eigenvalue weighted by atomic mass is 10.0. The number of hydrogen-bond acceptors (Lipinski definition) is 4. The van der Waals surface area contributed by atoms with E-state index in [1.807, 2.05) is 0 Å². The minimum Gasteiger partial charge on any atom is -0.497 e. The van der Waals surface area contributed by atoms with Gasteiger partial charge in [-0.2, -0.15) is 21.6 Å². The highest BCUT2D eigenvalue weighted by Crippen LogP contribution is 2.37. The monoisotopic (exact) mass is 356 g/mol. The number of methoxy groups -OCH3 is 1. The Bertz CT molecular complexity index is 1030. The summed E-state index contributed by atoms with van der Waals surface area (Å²) in [7, 11) is -4.30. The van der Waals surface area contributed by atoms with E-state index < -0.39 is 15.6 Å². The van der Waals surface area contributed by atoms with Gasteiger partial charge in [0.1, 0.15) is 5.75 Å². The quantitative estimate of drug-likeness (QED) is 0.400. The summed E-state index contributed by atoms with van der Waals surface area (Å²) in [5, 5.41) is 2.05. The molecular formula is C16H11F3O4S. The average Bonchev–Trinajstić information content (AvgIpc) is 2.53. The van der Waals surface area contributed by atoms with Gasteiger partial charge in [-0.1, -0.05) is 24.3 Å². The highest BCUT2D eigenvalue weighted by molar-refractivity contribution is 7.88. The molecule has 0 aliphatic heterocycles. The molecule has 126 valence electrons. The van der Waals surface area contributed by atoms with E-state index in [4.69, 9.17) is 4.74 Å². The predicted octanol–water partition coefficient (Wildman–Crippen LogP) is 4.23. The second-order valence-electron chi connectivity index (χ2n) is 4.99. The van der Waals surface area contributed by atoms with Gasteiger partial charge < -0.3 is 8.92 Å². The van der Waals surface area contributed by atoms with Crippen LogP contribution in [-0.2, 0) is 10.1 Å². The van der Waals surface area contributed by atoms with Crippen molar-refractivity contribution in [3.8, 4) is 11.5 Å². The van der Waals surface area contributed by atoms with Crippen molar-refractivity contribution < 1.29 is 30.5 Å². The molecular weight excluding hydrogens is 345 g/mol. The largest absolute Gasteiger partial charge is 0.534 e. The summed E-state index contributed by atoms with van der Waals surface area (Å²) in [5.41, 5.74) is -5.50. The van der Waals surface area contributed by atoms with Crippen molar-refractivity contribution in [2.75, 3.05) is 7.11 Å². The lowest BCUT2D eigenvalue weighted by Crippen LogP contribution is -2.28. The average molecular weight is 356 g/mol. The highest BCUT2D eigenvalue weighted by Gasteiger charge is 2.48. The van der Waals surface area contributed by atoms with Crippen LogP contribution in [-0.4, -0.2) is 21.0 Å². The van der Waals surface area contributed by atoms with Crippen molar-refractivity contribution in [1.29, 1.82) is 0 Å². The zero-order valence-corrected chi connectivity index (χ0v) is 13.1. The van der Waals surface area contributed by atoms with Crippen molar-refractivity contribution in [1.82, 2.24) is 0 Å². The molecule has 8 heteroatoms. The van der Waals surface area contributed by atoms with E-state index in [9.17, 15) is 21.6 Å². The van der Waals surface area contributed by atoms with Crippen LogP contribution in [0.2, 0.25) is 0 Å². The first-order chi connectivity index (χ1) is 11.2. The van der Waals surface area contributed by atoms with Crippen molar-refractivity contribution in [3.63, 3.8) is 0 Å². The molecule has 0 radical (unpaired) electrons. The molecule has 0 N–H and O–H groups in total. The second-order valence-corrected chi connectivity index (χ2v) is 6.53. The highest BCUT2D eigenvalue weighted by atomic mass is 32.2. The molecule has 0 spiro atoms. The van der Waals surface area contributed by atoms with Gasteiger partial charge in [0.25, 0.3) is 0 Å². The molecule has 0 aliphatic rings. The third-order valence-electron chi connectivity index (χ3n) is 3.51. The zero-order valence-electron chi connectivity index (χ0n) is 12.3. The van der Waals surface area contributed by atoms with E-state index in [-0.39, 0.29) is 11.1 Å². The molecule has 0 amide bonds. The summed E-state index contributed by atoms with van der Waals surface area (Å²) in [4.78, 5) is 0. The fraction of sp³-hybridized carbons (Fsp3) is 0.125. The Morgan fingerprint density at radius 2 is 1.62 bits per heavy atom. The third kappa shape index (κ3) is 2.73. The van der Waals surface area contributed by atoms with E-state index in [1.54, 1.807) is 30.3 Å². The van der Waals surface area contributed by atoms with Crippen LogP contribution in [0.3, 0.4) is 0 Å². The summed E-state index contributed by atoms with van der Waals surface area (Å²) < 4.78 is 70.1. The molecule has 0 heterocycles. The number of ether oxygens (including phenoxy) is 1. The van der Waals surface area contributed by atoms with Gasteiger partial charge >= 0.3 is 15.6 Å². The maximum absolute atomic E-state index is 12.6. The summed E-state index contributed by atoms with van der Waals surface area (Å²) in [6, 6.07) is 12.8. The number of fused-ring (bicyclic) bond motifs is 3. The fourth-order valence-corrected chi connectivity index (χ4v) is 2.88. The Morgan fingerprint density at radius 1 is 0.917 bits per heavy atom. The van der Waals surface area contributed by atoms with Gasteiger partial charge in [-0.25, -0.2) is 0 Å². The van der Waals surface area contributed by atoms with Gasteiger partial charge in [0.05, 0.1) is 7.11 Å². The van der Waals surface area contributed by atoms with E-state index in [0.29, 0.717) is 16.5 Å². The van der Waals surface area contributed by atoms with E-state index in [2.05, 4.69) is 4.18 Å². The lowest BCUT2D eigenvalue weighted by Gasteiger charge is -2.14. The molecule has 4 nitrogen and oxygen atoms in total. The molecule has 3 rings (SSSR count). The molecule has 0 atom stereocenters. The Hall–Kier alpha value is -2.48. The van der Waals surface area contributed by atoms with E-state index in [0.717, 1.165) is 5.39 Å². The molecule has 0 saturated carbocycles. The maximum atomic E-state index is 12.6. The van der Waals surface area contributed by atoms with E-state index >= 15 is 0 Å². The molecule has 0 unspecified atom stereocenters. The van der Waals surface area contributed by atoms with Crippen molar-refractivity contribution >= 4 is 31.7 Å². The van der Waals surface area contributed by atoms with Crippen molar-refractivity contribution in [3.05, 3.63) is 48.5 Å². The lowest BCUT2D eigenvalue weighted by molar-refractivity contribution is -0.0499. The molecule has 0 fully saturated rings. The summed E-state index contributed by atoms with van der Waals surface area (Å²) in [6.07, 6.45) is 0. The Labute approximate surface area is 135 Å². The molecule has 24 heavy (non-hydrogen) atoms. The predicted molar refractivity (Wildman–Crippen MR) is 83.6 cm³/mol.